The third-order valence-corrected chi connectivity index (χ3v) is 6.65. The molecule has 2 aromatic rings. The van der Waals surface area contributed by atoms with Crippen LogP contribution in [0.1, 0.15) is 13.3 Å². The molecule has 0 bridgehead atoms. The Bertz CT molecular complexity index is 1040. The number of carbonyl (C=O) groups excluding carboxylic acids is 2. The number of hydrogen-bond donors (Lipinski definition) is 1. The van der Waals surface area contributed by atoms with Crippen LogP contribution < -0.4 is 5.32 Å². The van der Waals surface area contributed by atoms with Crippen LogP contribution >= 0.6 is 11.8 Å². The minimum Gasteiger partial charge on any atom is -0.326 e. The van der Waals surface area contributed by atoms with Crippen molar-refractivity contribution in [1.29, 1.82) is 0 Å². The summed E-state index contributed by atoms with van der Waals surface area (Å²) in [5.74, 6) is -1.31. The van der Waals surface area contributed by atoms with Gasteiger partial charge < -0.3 is 5.32 Å². The lowest BCUT2D eigenvalue weighted by molar-refractivity contribution is -0.128. The Kier molecular flexibility index (Phi) is 6.33. The normalized spacial score (nSPS) is 18.3. The van der Waals surface area contributed by atoms with Crippen LogP contribution in [0.2, 0.25) is 0 Å². The second kappa shape index (κ2) is 8.75. The van der Waals surface area contributed by atoms with Gasteiger partial charge in [-0.25, -0.2) is 4.39 Å². The molecule has 1 unspecified atom stereocenters. The number of para-hydroxylation sites is 1. The van der Waals surface area contributed by atoms with E-state index in [4.69, 9.17) is 0 Å². The molecule has 152 valence electrons. The van der Waals surface area contributed by atoms with Crippen molar-refractivity contribution in [2.24, 2.45) is 4.40 Å². The van der Waals surface area contributed by atoms with Crippen LogP contribution in [-0.2, 0) is 19.6 Å². The average molecular weight is 436 g/mol. The Morgan fingerprint density at radius 3 is 2.45 bits per heavy atom. The van der Waals surface area contributed by atoms with Crippen molar-refractivity contribution in [1.82, 2.24) is 4.90 Å². The van der Waals surface area contributed by atoms with E-state index in [2.05, 4.69) is 9.71 Å². The van der Waals surface area contributed by atoms with Crippen molar-refractivity contribution < 1.29 is 22.4 Å². The third-order valence-electron chi connectivity index (χ3n) is 4.07. The SMILES string of the molecule is CCN1C(=O)C(CC(=O)Nc2ccccc2)SC1=NS(=O)(=O)c1ccc(F)cc1. The largest absolute Gasteiger partial charge is 0.326 e. The summed E-state index contributed by atoms with van der Waals surface area (Å²) in [4.78, 5) is 25.9. The van der Waals surface area contributed by atoms with Crippen molar-refractivity contribution in [2.45, 2.75) is 23.5 Å². The van der Waals surface area contributed by atoms with Crippen LogP contribution in [0.3, 0.4) is 0 Å². The summed E-state index contributed by atoms with van der Waals surface area (Å²) < 4.78 is 41.8. The van der Waals surface area contributed by atoms with Gasteiger partial charge in [-0.2, -0.15) is 8.42 Å². The monoisotopic (exact) mass is 435 g/mol. The number of amides is 2. The summed E-state index contributed by atoms with van der Waals surface area (Å²) in [5, 5.41) is 1.92. The number of halogens is 1. The van der Waals surface area contributed by atoms with Gasteiger partial charge in [0.25, 0.3) is 10.0 Å². The Hall–Kier alpha value is -2.72. The van der Waals surface area contributed by atoms with Gasteiger partial charge in [0.05, 0.1) is 4.90 Å². The van der Waals surface area contributed by atoms with Crippen LogP contribution in [0.4, 0.5) is 10.1 Å². The van der Waals surface area contributed by atoms with Crippen molar-refractivity contribution in [2.75, 3.05) is 11.9 Å². The molecule has 0 radical (unpaired) electrons. The molecule has 1 atom stereocenters. The maximum Gasteiger partial charge on any atom is 0.284 e. The fourth-order valence-electron chi connectivity index (χ4n) is 2.66. The van der Waals surface area contributed by atoms with E-state index in [9.17, 15) is 22.4 Å². The maximum absolute atomic E-state index is 13.1. The first-order chi connectivity index (χ1) is 13.8. The number of benzene rings is 2. The van der Waals surface area contributed by atoms with Gasteiger partial charge in [0.2, 0.25) is 11.8 Å². The summed E-state index contributed by atoms with van der Waals surface area (Å²) >= 11 is 0.927. The molecule has 1 N–H and O–H groups in total. The number of nitrogens with zero attached hydrogens (tertiary/aromatic N) is 2. The van der Waals surface area contributed by atoms with Crippen molar-refractivity contribution in [3.05, 3.63) is 60.4 Å². The zero-order valence-corrected chi connectivity index (χ0v) is 17.0. The molecule has 1 heterocycles. The predicted octanol–water partition coefficient (Wildman–Crippen LogP) is 2.86. The van der Waals surface area contributed by atoms with E-state index in [1.165, 1.54) is 4.90 Å². The molecule has 7 nitrogen and oxygen atoms in total. The molecule has 0 saturated carbocycles. The van der Waals surface area contributed by atoms with E-state index in [1.54, 1.807) is 31.2 Å². The van der Waals surface area contributed by atoms with Gasteiger partial charge in [0, 0.05) is 18.7 Å². The fraction of sp³-hybridized carbons (Fsp3) is 0.211. The molecule has 0 aromatic heterocycles. The Morgan fingerprint density at radius 2 is 1.83 bits per heavy atom. The molecule has 10 heteroatoms. The number of sulfonamides is 1. The van der Waals surface area contributed by atoms with Gasteiger partial charge in [0.1, 0.15) is 11.1 Å². The molecule has 1 fully saturated rings. The standard InChI is InChI=1S/C19H18FN3O4S2/c1-2-23-18(25)16(12-17(24)21-14-6-4-3-5-7-14)28-19(23)22-29(26,27)15-10-8-13(20)9-11-15/h3-11,16H,2,12H2,1H3,(H,21,24). The molecular formula is C19H18FN3O4S2. The molecular weight excluding hydrogens is 417 g/mol. The van der Waals surface area contributed by atoms with E-state index in [0.29, 0.717) is 5.69 Å². The van der Waals surface area contributed by atoms with Crippen LogP contribution in [0.25, 0.3) is 0 Å². The van der Waals surface area contributed by atoms with Crippen LogP contribution in [0.5, 0.6) is 0 Å². The minimum atomic E-state index is -4.12. The van der Waals surface area contributed by atoms with Gasteiger partial charge >= 0.3 is 0 Å². The topological polar surface area (TPSA) is 95.9 Å². The van der Waals surface area contributed by atoms with Gasteiger partial charge in [-0.1, -0.05) is 30.0 Å². The molecule has 29 heavy (non-hydrogen) atoms. The average Bonchev–Trinajstić information content (AvgIpc) is 2.96. The predicted molar refractivity (Wildman–Crippen MR) is 109 cm³/mol. The van der Waals surface area contributed by atoms with Gasteiger partial charge in [-0.3, -0.25) is 14.5 Å². The highest BCUT2D eigenvalue weighted by Gasteiger charge is 2.39. The van der Waals surface area contributed by atoms with E-state index < -0.39 is 21.1 Å². The van der Waals surface area contributed by atoms with E-state index in [0.717, 1.165) is 36.0 Å². The summed E-state index contributed by atoms with van der Waals surface area (Å²) in [5.41, 5.74) is 0.605. The zero-order valence-electron chi connectivity index (χ0n) is 15.4. The third kappa shape index (κ3) is 5.01. The second-order valence-corrected chi connectivity index (χ2v) is 8.88. The summed E-state index contributed by atoms with van der Waals surface area (Å²) in [7, 11) is -4.12. The van der Waals surface area contributed by atoms with Crippen molar-refractivity contribution in [3.63, 3.8) is 0 Å². The highest BCUT2D eigenvalue weighted by Crippen LogP contribution is 2.31. The lowest BCUT2D eigenvalue weighted by atomic mass is 10.2. The van der Waals surface area contributed by atoms with Crippen molar-refractivity contribution in [3.8, 4) is 0 Å². The molecule has 1 saturated heterocycles. The number of hydrogen-bond acceptors (Lipinski definition) is 5. The number of anilines is 1. The summed E-state index contributed by atoms with van der Waals surface area (Å²) in [6, 6.07) is 13.1. The van der Waals surface area contributed by atoms with Gasteiger partial charge in [-0.05, 0) is 43.3 Å². The van der Waals surface area contributed by atoms with E-state index >= 15 is 0 Å². The smallest absolute Gasteiger partial charge is 0.284 e. The molecule has 2 amide bonds. The Labute approximate surface area is 172 Å². The molecule has 1 aliphatic heterocycles. The Balaban J connectivity index is 1.77. The lowest BCUT2D eigenvalue weighted by Crippen LogP contribution is -2.33. The number of thioether (sulfide) groups is 1. The number of amidine groups is 1. The first-order valence-corrected chi connectivity index (χ1v) is 11.1. The highest BCUT2D eigenvalue weighted by atomic mass is 32.2. The maximum atomic E-state index is 13.1. The lowest BCUT2D eigenvalue weighted by Gasteiger charge is -2.13. The van der Waals surface area contributed by atoms with Crippen LogP contribution in [0, 0.1) is 5.82 Å². The number of nitrogens with one attached hydrogen (secondary N) is 1. The first-order valence-electron chi connectivity index (χ1n) is 8.73. The molecule has 0 spiro atoms. The number of carbonyl (C=O) groups is 2. The zero-order chi connectivity index (χ0) is 21.0. The highest BCUT2D eigenvalue weighted by molar-refractivity contribution is 8.16. The van der Waals surface area contributed by atoms with Crippen LogP contribution in [-0.4, -0.2) is 42.1 Å². The summed E-state index contributed by atoms with van der Waals surface area (Å²) in [6.45, 7) is 1.89. The molecule has 0 aliphatic carbocycles. The number of rotatable bonds is 6. The van der Waals surface area contributed by atoms with Gasteiger partial charge in [-0.15, -0.1) is 4.40 Å². The quantitative estimate of drug-likeness (QED) is 0.753. The van der Waals surface area contributed by atoms with E-state index in [1.807, 2.05) is 6.07 Å². The first kappa shape index (κ1) is 21.0. The minimum absolute atomic E-state index is 0.000615. The van der Waals surface area contributed by atoms with E-state index in [-0.39, 0.29) is 34.8 Å². The molecule has 2 aromatic carbocycles. The fourth-order valence-corrected chi connectivity index (χ4v) is 5.08. The van der Waals surface area contributed by atoms with Crippen LogP contribution in [0.15, 0.2) is 63.9 Å². The summed E-state index contributed by atoms with van der Waals surface area (Å²) in [6.07, 6.45) is -0.121. The second-order valence-electron chi connectivity index (χ2n) is 6.11. The molecule has 1 aliphatic rings. The molecule has 3 rings (SSSR count). The van der Waals surface area contributed by atoms with Gasteiger partial charge in [0.15, 0.2) is 5.17 Å². The van der Waals surface area contributed by atoms with Crippen molar-refractivity contribution >= 4 is 44.5 Å². The Morgan fingerprint density at radius 1 is 1.17 bits per heavy atom.